The van der Waals surface area contributed by atoms with Crippen molar-refractivity contribution < 1.29 is 22.7 Å². The molecule has 0 saturated heterocycles. The number of phenols is 1. The Balaban J connectivity index is 1.80. The highest BCUT2D eigenvalue weighted by atomic mass is 32.2. The molecular weight excluding hydrogens is 433 g/mol. The van der Waals surface area contributed by atoms with Crippen LogP contribution in [0.25, 0.3) is 16.9 Å². The lowest BCUT2D eigenvalue weighted by molar-refractivity contribution is 0.102. The molecule has 1 heterocycles. The molecule has 2 N–H and O–H groups in total. The van der Waals surface area contributed by atoms with Gasteiger partial charge in [-0.2, -0.15) is 5.10 Å². The maximum Gasteiger partial charge on any atom is 0.259 e. The number of nitrogens with one attached hydrogen (secondary N) is 1. The van der Waals surface area contributed by atoms with Gasteiger partial charge in [0.05, 0.1) is 21.8 Å². The molecule has 32 heavy (non-hydrogen) atoms. The number of rotatable bonds is 5. The van der Waals surface area contributed by atoms with Crippen molar-refractivity contribution in [3.05, 3.63) is 90.4 Å². The van der Waals surface area contributed by atoms with Gasteiger partial charge in [-0.25, -0.2) is 17.5 Å². The van der Waals surface area contributed by atoms with Crippen molar-refractivity contribution in [2.75, 3.05) is 11.6 Å². The van der Waals surface area contributed by atoms with Crippen LogP contribution in [0.3, 0.4) is 0 Å². The predicted molar refractivity (Wildman–Crippen MR) is 118 cm³/mol. The van der Waals surface area contributed by atoms with Gasteiger partial charge in [-0.15, -0.1) is 0 Å². The standard InChI is InChI=1S/C23H18FN3O4S/c1-32(30,31)18-11-9-15(10-12-18)22-19(23(29)25-20-7-2-3-8-21(20)28)14-27(26-22)17-6-4-5-16(24)13-17/h2-14,28H,1H3,(H,25,29). The zero-order valence-corrected chi connectivity index (χ0v) is 17.7. The molecule has 0 spiro atoms. The van der Waals surface area contributed by atoms with Crippen LogP contribution in [0, 0.1) is 5.82 Å². The van der Waals surface area contributed by atoms with E-state index in [1.807, 2.05) is 0 Å². The third-order valence-corrected chi connectivity index (χ3v) is 5.87. The number of anilines is 1. The molecule has 0 aliphatic carbocycles. The Morgan fingerprint density at radius 2 is 1.75 bits per heavy atom. The molecule has 0 aliphatic heterocycles. The molecule has 7 nitrogen and oxygen atoms in total. The Labute approximate surface area is 183 Å². The first-order valence-electron chi connectivity index (χ1n) is 9.48. The van der Waals surface area contributed by atoms with Crippen molar-refractivity contribution in [1.82, 2.24) is 9.78 Å². The summed E-state index contributed by atoms with van der Waals surface area (Å²) < 4.78 is 38.6. The Morgan fingerprint density at radius 1 is 1.03 bits per heavy atom. The molecule has 0 atom stereocenters. The minimum Gasteiger partial charge on any atom is -0.506 e. The van der Waals surface area contributed by atoms with Crippen molar-refractivity contribution in [2.45, 2.75) is 4.90 Å². The van der Waals surface area contributed by atoms with E-state index in [1.165, 1.54) is 47.3 Å². The van der Waals surface area contributed by atoms with Gasteiger partial charge in [-0.05, 0) is 42.5 Å². The van der Waals surface area contributed by atoms with E-state index < -0.39 is 21.6 Å². The first kappa shape index (κ1) is 21.3. The van der Waals surface area contributed by atoms with Crippen LogP contribution in [0.4, 0.5) is 10.1 Å². The van der Waals surface area contributed by atoms with Crippen molar-refractivity contribution in [3.63, 3.8) is 0 Å². The lowest BCUT2D eigenvalue weighted by Crippen LogP contribution is -2.12. The first-order chi connectivity index (χ1) is 15.2. The maximum absolute atomic E-state index is 13.7. The summed E-state index contributed by atoms with van der Waals surface area (Å²) in [5, 5.41) is 17.1. The molecule has 3 aromatic carbocycles. The second-order valence-electron chi connectivity index (χ2n) is 7.08. The summed E-state index contributed by atoms with van der Waals surface area (Å²) in [7, 11) is -3.39. The first-order valence-corrected chi connectivity index (χ1v) is 11.4. The van der Waals surface area contributed by atoms with Crippen LogP contribution in [-0.4, -0.2) is 35.5 Å². The van der Waals surface area contributed by atoms with Gasteiger partial charge >= 0.3 is 0 Å². The van der Waals surface area contributed by atoms with Crippen LogP contribution in [0.5, 0.6) is 5.75 Å². The van der Waals surface area contributed by atoms with Crippen molar-refractivity contribution in [3.8, 4) is 22.7 Å². The number of benzene rings is 3. The normalized spacial score (nSPS) is 11.3. The third-order valence-electron chi connectivity index (χ3n) is 4.74. The number of aromatic nitrogens is 2. The van der Waals surface area contributed by atoms with E-state index in [1.54, 1.807) is 36.4 Å². The van der Waals surface area contributed by atoms with Crippen LogP contribution in [0.15, 0.2) is 83.9 Å². The van der Waals surface area contributed by atoms with E-state index in [-0.39, 0.29) is 27.6 Å². The summed E-state index contributed by atoms with van der Waals surface area (Å²) in [5.41, 5.74) is 1.54. The number of nitrogens with zero attached hydrogens (tertiary/aromatic N) is 2. The number of sulfone groups is 1. The van der Waals surface area contributed by atoms with E-state index in [0.29, 0.717) is 11.3 Å². The number of halogens is 1. The van der Waals surface area contributed by atoms with E-state index in [2.05, 4.69) is 10.4 Å². The smallest absolute Gasteiger partial charge is 0.259 e. The molecule has 1 aromatic heterocycles. The molecule has 0 unspecified atom stereocenters. The predicted octanol–water partition coefficient (Wildman–Crippen LogP) is 4.04. The molecule has 0 fully saturated rings. The van der Waals surface area contributed by atoms with Gasteiger partial charge in [-0.3, -0.25) is 4.79 Å². The number of para-hydroxylation sites is 2. The second-order valence-corrected chi connectivity index (χ2v) is 9.10. The number of amides is 1. The summed E-state index contributed by atoms with van der Waals surface area (Å²) >= 11 is 0. The van der Waals surface area contributed by atoms with E-state index in [0.717, 1.165) is 6.26 Å². The van der Waals surface area contributed by atoms with E-state index in [9.17, 15) is 22.7 Å². The summed E-state index contributed by atoms with van der Waals surface area (Å²) in [5.74, 6) is -1.11. The van der Waals surface area contributed by atoms with Crippen molar-refractivity contribution in [2.24, 2.45) is 0 Å². The van der Waals surface area contributed by atoms with Crippen molar-refractivity contribution >= 4 is 21.4 Å². The number of hydrogen-bond donors (Lipinski definition) is 2. The van der Waals surface area contributed by atoms with Gasteiger partial charge in [0, 0.05) is 18.0 Å². The topological polar surface area (TPSA) is 101 Å². The molecule has 0 bridgehead atoms. The van der Waals surface area contributed by atoms with Gasteiger partial charge in [0.25, 0.3) is 5.91 Å². The summed E-state index contributed by atoms with van der Waals surface area (Å²) in [6.45, 7) is 0. The zero-order valence-electron chi connectivity index (χ0n) is 16.9. The lowest BCUT2D eigenvalue weighted by Gasteiger charge is -2.07. The second kappa shape index (κ2) is 8.27. The Kier molecular flexibility index (Phi) is 5.50. The monoisotopic (exact) mass is 451 g/mol. The van der Waals surface area contributed by atoms with Gasteiger partial charge in [0.1, 0.15) is 17.3 Å². The Bertz CT molecular complexity index is 1410. The SMILES string of the molecule is CS(=O)(=O)c1ccc(-c2nn(-c3cccc(F)c3)cc2C(=O)Nc2ccccc2O)cc1. The number of hydrogen-bond acceptors (Lipinski definition) is 5. The lowest BCUT2D eigenvalue weighted by atomic mass is 10.1. The summed E-state index contributed by atoms with van der Waals surface area (Å²) in [6, 6.07) is 18.0. The minimum absolute atomic E-state index is 0.0996. The van der Waals surface area contributed by atoms with E-state index >= 15 is 0 Å². The van der Waals surface area contributed by atoms with Gasteiger partial charge in [-0.1, -0.05) is 30.3 Å². The average molecular weight is 451 g/mol. The molecule has 0 radical (unpaired) electrons. The summed E-state index contributed by atoms with van der Waals surface area (Å²) in [6.07, 6.45) is 2.55. The fraction of sp³-hybridized carbons (Fsp3) is 0.0435. The highest BCUT2D eigenvalue weighted by Gasteiger charge is 2.20. The average Bonchev–Trinajstić information content (AvgIpc) is 3.21. The maximum atomic E-state index is 13.7. The molecule has 9 heteroatoms. The number of carbonyl (C=O) groups is 1. The van der Waals surface area contributed by atoms with Gasteiger partial charge in [0.2, 0.25) is 0 Å². The number of aromatic hydroxyl groups is 1. The number of phenolic OH excluding ortho intramolecular Hbond substituents is 1. The quantitative estimate of drug-likeness (QED) is 0.446. The van der Waals surface area contributed by atoms with Crippen molar-refractivity contribution in [1.29, 1.82) is 0 Å². The van der Waals surface area contributed by atoms with E-state index in [4.69, 9.17) is 0 Å². The van der Waals surface area contributed by atoms with Gasteiger partial charge in [0.15, 0.2) is 9.84 Å². The molecular formula is C23H18FN3O4S. The van der Waals surface area contributed by atoms with Crippen LogP contribution in [0.2, 0.25) is 0 Å². The fourth-order valence-electron chi connectivity index (χ4n) is 3.13. The van der Waals surface area contributed by atoms with Crippen LogP contribution in [-0.2, 0) is 9.84 Å². The molecule has 0 saturated carbocycles. The van der Waals surface area contributed by atoms with Crippen LogP contribution in [0.1, 0.15) is 10.4 Å². The van der Waals surface area contributed by atoms with Gasteiger partial charge < -0.3 is 10.4 Å². The minimum atomic E-state index is -3.39. The molecule has 1 amide bonds. The van der Waals surface area contributed by atoms with Crippen LogP contribution >= 0.6 is 0 Å². The number of carbonyl (C=O) groups excluding carboxylic acids is 1. The fourth-order valence-corrected chi connectivity index (χ4v) is 3.76. The Morgan fingerprint density at radius 3 is 2.41 bits per heavy atom. The van der Waals surface area contributed by atoms with Crippen LogP contribution < -0.4 is 5.32 Å². The third kappa shape index (κ3) is 4.37. The zero-order chi connectivity index (χ0) is 22.9. The molecule has 4 aromatic rings. The molecule has 162 valence electrons. The Hall–Kier alpha value is -3.98. The highest BCUT2D eigenvalue weighted by molar-refractivity contribution is 7.90. The highest BCUT2D eigenvalue weighted by Crippen LogP contribution is 2.28. The molecule has 0 aliphatic rings. The summed E-state index contributed by atoms with van der Waals surface area (Å²) in [4.78, 5) is 13.2. The molecule has 4 rings (SSSR count). The largest absolute Gasteiger partial charge is 0.506 e.